The maximum absolute atomic E-state index is 11.2. The first kappa shape index (κ1) is 7.86. The molecule has 0 spiro atoms. The highest BCUT2D eigenvalue weighted by Gasteiger charge is 2.46. The summed E-state index contributed by atoms with van der Waals surface area (Å²) in [6.45, 7) is 2.45. The standard InChI is InChI=1S/C8H13NO3/c1-5(10)7-6-3-2-4-9(6)8(11)12-7/h5-7,10H,2-4H2,1H3/t5-,6+,7+/m1/s1. The van der Waals surface area contributed by atoms with Crippen LogP contribution in [0.4, 0.5) is 4.79 Å². The number of nitrogens with zero attached hydrogens (tertiary/aromatic N) is 1. The van der Waals surface area contributed by atoms with Crippen LogP contribution in [-0.4, -0.2) is 40.9 Å². The zero-order valence-electron chi connectivity index (χ0n) is 7.06. The zero-order valence-corrected chi connectivity index (χ0v) is 7.06. The molecule has 0 aliphatic carbocycles. The summed E-state index contributed by atoms with van der Waals surface area (Å²) in [5, 5.41) is 9.31. The molecule has 2 aliphatic rings. The Bertz CT molecular complexity index is 204. The van der Waals surface area contributed by atoms with E-state index in [4.69, 9.17) is 4.74 Å². The molecule has 4 nitrogen and oxygen atoms in total. The first-order valence-electron chi connectivity index (χ1n) is 4.35. The van der Waals surface area contributed by atoms with E-state index in [0.29, 0.717) is 0 Å². The number of aliphatic hydroxyl groups excluding tert-OH is 1. The number of amides is 1. The van der Waals surface area contributed by atoms with Crippen LogP contribution in [0.3, 0.4) is 0 Å². The number of carbonyl (C=O) groups is 1. The topological polar surface area (TPSA) is 49.8 Å². The quantitative estimate of drug-likeness (QED) is 0.619. The van der Waals surface area contributed by atoms with E-state index in [1.165, 1.54) is 0 Å². The minimum atomic E-state index is -0.554. The van der Waals surface area contributed by atoms with E-state index in [1.807, 2.05) is 0 Å². The van der Waals surface area contributed by atoms with Crippen molar-refractivity contribution in [2.75, 3.05) is 6.54 Å². The van der Waals surface area contributed by atoms with Crippen LogP contribution in [0.15, 0.2) is 0 Å². The fourth-order valence-corrected chi connectivity index (χ4v) is 2.04. The van der Waals surface area contributed by atoms with Gasteiger partial charge >= 0.3 is 6.09 Å². The molecule has 0 radical (unpaired) electrons. The summed E-state index contributed by atoms with van der Waals surface area (Å²) in [6.07, 6.45) is 0.870. The lowest BCUT2D eigenvalue weighted by Crippen LogP contribution is -2.36. The Balaban J connectivity index is 2.14. The van der Waals surface area contributed by atoms with E-state index >= 15 is 0 Å². The number of fused-ring (bicyclic) bond motifs is 1. The highest BCUT2D eigenvalue weighted by molar-refractivity contribution is 5.71. The maximum Gasteiger partial charge on any atom is 0.410 e. The molecular weight excluding hydrogens is 158 g/mol. The minimum absolute atomic E-state index is 0.123. The summed E-state index contributed by atoms with van der Waals surface area (Å²) in [4.78, 5) is 12.9. The van der Waals surface area contributed by atoms with E-state index in [2.05, 4.69) is 0 Å². The number of cyclic esters (lactones) is 1. The van der Waals surface area contributed by atoms with E-state index in [9.17, 15) is 9.90 Å². The van der Waals surface area contributed by atoms with Gasteiger partial charge in [-0.1, -0.05) is 0 Å². The molecule has 1 N–H and O–H groups in total. The fraction of sp³-hybridized carbons (Fsp3) is 0.875. The number of hydrogen-bond donors (Lipinski definition) is 1. The average molecular weight is 171 g/mol. The molecule has 0 saturated carbocycles. The van der Waals surface area contributed by atoms with Crippen LogP contribution in [0.5, 0.6) is 0 Å². The molecule has 2 aliphatic heterocycles. The minimum Gasteiger partial charge on any atom is -0.441 e. The van der Waals surface area contributed by atoms with Gasteiger partial charge in [-0.2, -0.15) is 0 Å². The van der Waals surface area contributed by atoms with Crippen molar-refractivity contribution < 1.29 is 14.6 Å². The van der Waals surface area contributed by atoms with Crippen LogP contribution in [0.25, 0.3) is 0 Å². The smallest absolute Gasteiger partial charge is 0.410 e. The Labute approximate surface area is 71.1 Å². The lowest BCUT2D eigenvalue weighted by molar-refractivity contribution is 0.0287. The number of hydrogen-bond acceptors (Lipinski definition) is 3. The number of rotatable bonds is 1. The lowest BCUT2D eigenvalue weighted by atomic mass is 10.1. The monoisotopic (exact) mass is 171 g/mol. The van der Waals surface area contributed by atoms with Gasteiger partial charge in [-0.05, 0) is 19.8 Å². The largest absolute Gasteiger partial charge is 0.441 e. The van der Waals surface area contributed by atoms with Gasteiger partial charge < -0.3 is 14.7 Å². The van der Waals surface area contributed by atoms with Gasteiger partial charge in [-0.25, -0.2) is 4.79 Å². The van der Waals surface area contributed by atoms with Crippen molar-refractivity contribution in [3.63, 3.8) is 0 Å². The SMILES string of the molecule is C[C@@H](O)[C@@H]1OC(=O)N2CCC[C@@H]12. The Morgan fingerprint density at radius 3 is 3.17 bits per heavy atom. The number of ether oxygens (including phenoxy) is 1. The van der Waals surface area contributed by atoms with Crippen LogP contribution in [-0.2, 0) is 4.74 Å². The Kier molecular flexibility index (Phi) is 1.72. The van der Waals surface area contributed by atoms with Gasteiger partial charge in [0.15, 0.2) is 0 Å². The van der Waals surface area contributed by atoms with E-state index in [1.54, 1.807) is 11.8 Å². The lowest BCUT2D eigenvalue weighted by Gasteiger charge is -2.18. The van der Waals surface area contributed by atoms with Crippen LogP contribution in [0.2, 0.25) is 0 Å². The van der Waals surface area contributed by atoms with Crippen molar-refractivity contribution in [1.82, 2.24) is 4.90 Å². The van der Waals surface area contributed by atoms with Crippen molar-refractivity contribution in [2.24, 2.45) is 0 Å². The highest BCUT2D eigenvalue weighted by Crippen LogP contribution is 2.30. The third-order valence-corrected chi connectivity index (χ3v) is 2.63. The average Bonchev–Trinajstić information content (AvgIpc) is 2.53. The highest BCUT2D eigenvalue weighted by atomic mass is 16.6. The third-order valence-electron chi connectivity index (χ3n) is 2.63. The predicted octanol–water partition coefficient (Wildman–Crippen LogP) is 0.350. The fourth-order valence-electron chi connectivity index (χ4n) is 2.04. The summed E-state index contributed by atoms with van der Waals surface area (Å²) in [5.74, 6) is 0. The van der Waals surface area contributed by atoms with Crippen LogP contribution in [0, 0.1) is 0 Å². The third kappa shape index (κ3) is 0.982. The predicted molar refractivity (Wildman–Crippen MR) is 41.7 cm³/mol. The summed E-state index contributed by atoms with van der Waals surface area (Å²) >= 11 is 0. The molecule has 68 valence electrons. The second-order valence-electron chi connectivity index (χ2n) is 3.49. The molecule has 0 bridgehead atoms. The van der Waals surface area contributed by atoms with E-state index in [0.717, 1.165) is 19.4 Å². The van der Waals surface area contributed by atoms with Gasteiger partial charge in [0.1, 0.15) is 6.10 Å². The Morgan fingerprint density at radius 2 is 2.50 bits per heavy atom. The number of aliphatic hydroxyl groups is 1. The Hall–Kier alpha value is -0.770. The molecule has 2 fully saturated rings. The van der Waals surface area contributed by atoms with Gasteiger partial charge in [0.2, 0.25) is 0 Å². The van der Waals surface area contributed by atoms with Crippen molar-refractivity contribution in [3.05, 3.63) is 0 Å². The van der Waals surface area contributed by atoms with Crippen molar-refractivity contribution in [3.8, 4) is 0 Å². The molecular formula is C8H13NO3. The summed E-state index contributed by atoms with van der Waals surface area (Å²) < 4.78 is 5.03. The van der Waals surface area contributed by atoms with Crippen molar-refractivity contribution in [1.29, 1.82) is 0 Å². The van der Waals surface area contributed by atoms with E-state index in [-0.39, 0.29) is 18.2 Å². The Morgan fingerprint density at radius 1 is 1.75 bits per heavy atom. The van der Waals surface area contributed by atoms with Crippen LogP contribution in [0.1, 0.15) is 19.8 Å². The maximum atomic E-state index is 11.2. The first-order valence-corrected chi connectivity index (χ1v) is 4.35. The molecule has 2 heterocycles. The molecule has 0 aromatic rings. The summed E-state index contributed by atoms with van der Waals surface area (Å²) in [5.41, 5.74) is 0. The molecule has 0 aromatic carbocycles. The van der Waals surface area contributed by atoms with E-state index < -0.39 is 6.10 Å². The molecule has 2 saturated heterocycles. The second kappa shape index (κ2) is 2.62. The van der Waals surface area contributed by atoms with Gasteiger partial charge in [-0.3, -0.25) is 0 Å². The summed E-state index contributed by atoms with van der Waals surface area (Å²) in [7, 11) is 0. The van der Waals surface area contributed by atoms with Crippen molar-refractivity contribution >= 4 is 6.09 Å². The van der Waals surface area contributed by atoms with Gasteiger partial charge in [-0.15, -0.1) is 0 Å². The summed E-state index contributed by atoms with van der Waals surface area (Å²) in [6, 6.07) is 0.123. The molecule has 1 amide bonds. The van der Waals surface area contributed by atoms with Crippen LogP contribution < -0.4 is 0 Å². The van der Waals surface area contributed by atoms with Crippen molar-refractivity contribution in [2.45, 2.75) is 38.0 Å². The van der Waals surface area contributed by atoms with Gasteiger partial charge in [0.25, 0.3) is 0 Å². The molecule has 2 rings (SSSR count). The molecule has 12 heavy (non-hydrogen) atoms. The molecule has 0 aromatic heterocycles. The molecule has 3 atom stereocenters. The molecule has 4 heteroatoms. The molecule has 0 unspecified atom stereocenters. The van der Waals surface area contributed by atoms with Gasteiger partial charge in [0, 0.05) is 6.54 Å². The van der Waals surface area contributed by atoms with Crippen LogP contribution >= 0.6 is 0 Å². The van der Waals surface area contributed by atoms with Gasteiger partial charge in [0.05, 0.1) is 12.1 Å². The first-order chi connectivity index (χ1) is 5.70. The zero-order chi connectivity index (χ0) is 8.72. The number of carbonyl (C=O) groups excluding carboxylic acids is 1. The normalized spacial score (nSPS) is 36.5. The second-order valence-corrected chi connectivity index (χ2v) is 3.49.